The number of aryl methyl sites for hydroxylation is 1. The second-order valence-corrected chi connectivity index (χ2v) is 8.43. The zero-order valence-electron chi connectivity index (χ0n) is 16.4. The Morgan fingerprint density at radius 1 is 0.893 bits per heavy atom. The Labute approximate surface area is 168 Å². The molecule has 0 unspecified atom stereocenters. The standard InChI is InChI=1S/C22H30O5S/c1-2-3-4-5-6-7-8-10-13-18-16-22(28(24,25)26)21(17-20(18)23)27-19-14-11-9-12-15-19/h9,11-12,14-17,23H,2-8,10,13H2,1H3,(H,24,25,26). The van der Waals surface area contributed by atoms with Crippen molar-refractivity contribution in [2.75, 3.05) is 0 Å². The van der Waals surface area contributed by atoms with Gasteiger partial charge >= 0.3 is 0 Å². The second kappa shape index (κ2) is 11.1. The number of phenolic OH excluding ortho intramolecular Hbond substituents is 1. The van der Waals surface area contributed by atoms with Gasteiger partial charge in [-0.25, -0.2) is 0 Å². The molecule has 6 heteroatoms. The SMILES string of the molecule is CCCCCCCCCCc1cc(S(=O)(=O)O)c(Oc2ccccc2)cc1O. The van der Waals surface area contributed by atoms with Gasteiger partial charge in [0.2, 0.25) is 0 Å². The molecule has 0 aliphatic heterocycles. The van der Waals surface area contributed by atoms with E-state index in [1.807, 2.05) is 0 Å². The Kier molecular flexibility index (Phi) is 8.80. The molecule has 0 saturated heterocycles. The van der Waals surface area contributed by atoms with E-state index < -0.39 is 10.1 Å². The number of phenols is 1. The Hall–Kier alpha value is -2.05. The van der Waals surface area contributed by atoms with Crippen LogP contribution in [0.1, 0.15) is 63.9 Å². The van der Waals surface area contributed by atoms with Crippen LogP contribution in [0.15, 0.2) is 47.4 Å². The smallest absolute Gasteiger partial charge is 0.298 e. The minimum Gasteiger partial charge on any atom is -0.508 e. The lowest BCUT2D eigenvalue weighted by atomic mass is 10.0. The molecule has 0 atom stereocenters. The Balaban J connectivity index is 2.02. The van der Waals surface area contributed by atoms with Crippen molar-refractivity contribution in [1.29, 1.82) is 0 Å². The van der Waals surface area contributed by atoms with Crippen molar-refractivity contribution >= 4 is 10.1 Å². The number of ether oxygens (including phenoxy) is 1. The fraction of sp³-hybridized carbons (Fsp3) is 0.455. The van der Waals surface area contributed by atoms with Gasteiger partial charge in [0.15, 0.2) is 5.75 Å². The summed E-state index contributed by atoms with van der Waals surface area (Å²) in [5.41, 5.74) is 0.499. The van der Waals surface area contributed by atoms with E-state index in [0.29, 0.717) is 17.7 Å². The summed E-state index contributed by atoms with van der Waals surface area (Å²) in [6.07, 6.45) is 9.80. The van der Waals surface area contributed by atoms with Crippen LogP contribution in [-0.4, -0.2) is 18.1 Å². The molecule has 2 N–H and O–H groups in total. The van der Waals surface area contributed by atoms with Gasteiger partial charge < -0.3 is 9.84 Å². The summed E-state index contributed by atoms with van der Waals surface area (Å²) >= 11 is 0. The summed E-state index contributed by atoms with van der Waals surface area (Å²) in [6.45, 7) is 2.20. The van der Waals surface area contributed by atoms with E-state index in [1.165, 1.54) is 44.2 Å². The van der Waals surface area contributed by atoms with Crippen molar-refractivity contribution in [2.24, 2.45) is 0 Å². The predicted molar refractivity (Wildman–Crippen MR) is 111 cm³/mol. The molecule has 2 rings (SSSR count). The third-order valence-electron chi connectivity index (χ3n) is 4.69. The molecule has 0 aliphatic carbocycles. The van der Waals surface area contributed by atoms with Crippen LogP contribution in [0.5, 0.6) is 17.2 Å². The van der Waals surface area contributed by atoms with Crippen LogP contribution in [-0.2, 0) is 16.5 Å². The average molecular weight is 407 g/mol. The maximum absolute atomic E-state index is 11.8. The van der Waals surface area contributed by atoms with Gasteiger partial charge in [0.25, 0.3) is 10.1 Å². The molecule has 5 nitrogen and oxygen atoms in total. The van der Waals surface area contributed by atoms with Crippen molar-refractivity contribution in [3.8, 4) is 17.2 Å². The average Bonchev–Trinajstić information content (AvgIpc) is 2.65. The van der Waals surface area contributed by atoms with E-state index in [1.54, 1.807) is 30.3 Å². The summed E-state index contributed by atoms with van der Waals surface area (Å²) in [5.74, 6) is 0.301. The van der Waals surface area contributed by atoms with Crippen LogP contribution in [0.4, 0.5) is 0 Å². The number of para-hydroxylation sites is 1. The lowest BCUT2D eigenvalue weighted by molar-refractivity contribution is 0.433. The first-order valence-corrected chi connectivity index (χ1v) is 11.4. The molecular formula is C22H30O5S. The number of unbranched alkanes of at least 4 members (excludes halogenated alkanes) is 7. The maximum Gasteiger partial charge on any atom is 0.298 e. The van der Waals surface area contributed by atoms with Crippen molar-refractivity contribution < 1.29 is 22.8 Å². The molecule has 0 aromatic heterocycles. The summed E-state index contributed by atoms with van der Waals surface area (Å²) in [4.78, 5) is -0.330. The Morgan fingerprint density at radius 3 is 2.11 bits per heavy atom. The summed E-state index contributed by atoms with van der Waals surface area (Å²) in [5, 5.41) is 10.3. The monoisotopic (exact) mass is 406 g/mol. The molecule has 0 bridgehead atoms. The van der Waals surface area contributed by atoms with E-state index in [9.17, 15) is 18.1 Å². The first kappa shape index (κ1) is 22.2. The van der Waals surface area contributed by atoms with Crippen molar-refractivity contribution in [2.45, 2.75) is 69.6 Å². The highest BCUT2D eigenvalue weighted by Crippen LogP contribution is 2.35. The lowest BCUT2D eigenvalue weighted by Crippen LogP contribution is -2.03. The van der Waals surface area contributed by atoms with E-state index in [4.69, 9.17) is 4.74 Å². The van der Waals surface area contributed by atoms with Crippen LogP contribution in [0, 0.1) is 0 Å². The molecule has 2 aromatic carbocycles. The molecule has 0 heterocycles. The van der Waals surface area contributed by atoms with E-state index in [-0.39, 0.29) is 16.4 Å². The van der Waals surface area contributed by atoms with Crippen LogP contribution in [0.2, 0.25) is 0 Å². The van der Waals surface area contributed by atoms with Crippen molar-refractivity contribution in [1.82, 2.24) is 0 Å². The highest BCUT2D eigenvalue weighted by Gasteiger charge is 2.20. The number of benzene rings is 2. The minimum atomic E-state index is -4.48. The third kappa shape index (κ3) is 7.17. The van der Waals surface area contributed by atoms with E-state index in [0.717, 1.165) is 19.3 Å². The quantitative estimate of drug-likeness (QED) is 0.328. The maximum atomic E-state index is 11.8. The van der Waals surface area contributed by atoms with Crippen molar-refractivity contribution in [3.05, 3.63) is 48.0 Å². The van der Waals surface area contributed by atoms with Crippen LogP contribution in [0.25, 0.3) is 0 Å². The zero-order valence-corrected chi connectivity index (χ0v) is 17.2. The van der Waals surface area contributed by atoms with Gasteiger partial charge in [0, 0.05) is 6.07 Å². The number of rotatable bonds is 12. The van der Waals surface area contributed by atoms with Crippen LogP contribution >= 0.6 is 0 Å². The molecule has 154 valence electrons. The minimum absolute atomic E-state index is 0.0266. The first-order chi connectivity index (χ1) is 13.4. The number of aromatic hydroxyl groups is 1. The number of hydrogen-bond acceptors (Lipinski definition) is 4. The van der Waals surface area contributed by atoms with Gasteiger partial charge in [-0.15, -0.1) is 0 Å². The Bertz CT molecular complexity index is 832. The molecule has 0 fully saturated rings. The van der Waals surface area contributed by atoms with E-state index in [2.05, 4.69) is 6.92 Å². The lowest BCUT2D eigenvalue weighted by Gasteiger charge is -2.13. The highest BCUT2D eigenvalue weighted by atomic mass is 32.2. The van der Waals surface area contributed by atoms with Gasteiger partial charge in [0.05, 0.1) is 0 Å². The van der Waals surface area contributed by atoms with Gasteiger partial charge in [-0.05, 0) is 36.6 Å². The van der Waals surface area contributed by atoms with Crippen LogP contribution in [0.3, 0.4) is 0 Å². The summed E-state index contributed by atoms with van der Waals surface area (Å²) < 4.78 is 38.8. The molecule has 28 heavy (non-hydrogen) atoms. The van der Waals surface area contributed by atoms with E-state index >= 15 is 0 Å². The normalized spacial score (nSPS) is 11.5. The first-order valence-electron chi connectivity index (χ1n) is 9.98. The predicted octanol–water partition coefficient (Wildman–Crippen LogP) is 6.11. The number of hydrogen-bond donors (Lipinski definition) is 2. The van der Waals surface area contributed by atoms with Gasteiger partial charge in [-0.3, -0.25) is 4.55 Å². The highest BCUT2D eigenvalue weighted by molar-refractivity contribution is 7.86. The zero-order chi connectivity index (χ0) is 20.4. The second-order valence-electron chi connectivity index (χ2n) is 7.04. The molecule has 2 aromatic rings. The van der Waals surface area contributed by atoms with Gasteiger partial charge in [0.1, 0.15) is 16.4 Å². The van der Waals surface area contributed by atoms with Crippen LogP contribution < -0.4 is 4.74 Å². The fourth-order valence-corrected chi connectivity index (χ4v) is 3.78. The largest absolute Gasteiger partial charge is 0.508 e. The molecule has 0 spiro atoms. The molecular weight excluding hydrogens is 376 g/mol. The third-order valence-corrected chi connectivity index (χ3v) is 5.57. The molecule has 0 radical (unpaired) electrons. The van der Waals surface area contributed by atoms with Gasteiger partial charge in [-0.2, -0.15) is 8.42 Å². The topological polar surface area (TPSA) is 83.8 Å². The molecule has 0 amide bonds. The molecule has 0 aliphatic rings. The molecule has 0 saturated carbocycles. The van der Waals surface area contributed by atoms with Gasteiger partial charge in [-0.1, -0.05) is 70.1 Å². The summed E-state index contributed by atoms with van der Waals surface area (Å²) in [6, 6.07) is 11.2. The fourth-order valence-electron chi connectivity index (χ4n) is 3.14. The van der Waals surface area contributed by atoms with Crippen molar-refractivity contribution in [3.63, 3.8) is 0 Å². The Morgan fingerprint density at radius 2 is 1.50 bits per heavy atom. The summed E-state index contributed by atoms with van der Waals surface area (Å²) in [7, 11) is -4.48.